The molecule has 0 unspecified atom stereocenters. The Morgan fingerprint density at radius 1 is 1.11 bits per heavy atom. The van der Waals surface area contributed by atoms with E-state index in [2.05, 4.69) is 5.32 Å². The molecule has 0 radical (unpaired) electrons. The third-order valence-corrected chi connectivity index (χ3v) is 11.6. The lowest BCUT2D eigenvalue weighted by Gasteiger charge is -2.46. The maximum absolute atomic E-state index is 14.3. The fourth-order valence-electron chi connectivity index (χ4n) is 7.08. The van der Waals surface area contributed by atoms with Gasteiger partial charge in [-0.1, -0.05) is 49.2 Å². The molecule has 1 fully saturated rings. The van der Waals surface area contributed by atoms with E-state index in [1.165, 1.54) is 72.4 Å². The summed E-state index contributed by atoms with van der Waals surface area (Å²) in [5.74, 6) is -3.07. The second-order valence-electron chi connectivity index (χ2n) is 15.1. The van der Waals surface area contributed by atoms with Gasteiger partial charge in [0.05, 0.1) is 31.9 Å². The van der Waals surface area contributed by atoms with Crippen molar-refractivity contribution < 1.29 is 53.1 Å². The van der Waals surface area contributed by atoms with Gasteiger partial charge in [0.25, 0.3) is 5.91 Å². The number of nitrogen functional groups attached to an aromatic ring is 1. The lowest BCUT2D eigenvalue weighted by molar-refractivity contribution is -0.185. The Balaban J connectivity index is 1.80. The number of nitrogens with two attached hydrogens (primary N) is 1. The zero-order chi connectivity index (χ0) is 42.6. The molecular weight excluding hydrogens is 760 g/mol. The number of carbonyl (C=O) groups is 4. The second kappa shape index (κ2) is 18.2. The van der Waals surface area contributed by atoms with Gasteiger partial charge in [-0.3, -0.25) is 14.9 Å². The van der Waals surface area contributed by atoms with Gasteiger partial charge in [-0.15, -0.1) is 0 Å². The molecule has 0 aliphatic carbocycles. The Kier molecular flexibility index (Phi) is 14.3. The predicted molar refractivity (Wildman–Crippen MR) is 214 cm³/mol. The van der Waals surface area contributed by atoms with Gasteiger partial charge in [-0.05, 0) is 68.9 Å². The van der Waals surface area contributed by atoms with Gasteiger partial charge in [0, 0.05) is 39.4 Å². The first-order valence-electron chi connectivity index (χ1n) is 18.5. The van der Waals surface area contributed by atoms with Crippen molar-refractivity contribution in [3.05, 3.63) is 70.3 Å². The number of hydrogen-bond donors (Lipinski definition) is 4. The second-order valence-corrected chi connectivity index (χ2v) is 15.4. The normalized spacial score (nSPS) is 29.2. The summed E-state index contributed by atoms with van der Waals surface area (Å²) in [7, 11) is 7.17. The fourth-order valence-corrected chi connectivity index (χ4v) is 7.40. The number of fused-ring (bicyclic) bond motifs is 4. The largest absolute Gasteiger partial charge is 0.496 e. The Morgan fingerprint density at radius 3 is 2.40 bits per heavy atom. The van der Waals surface area contributed by atoms with Crippen LogP contribution in [0.15, 0.2) is 54.1 Å². The number of hydrogen-bond acceptors (Lipinski definition) is 12. The molecule has 2 aliphatic rings. The SMILES string of the molecule is COc1cc(N)ccc1C(=O)N(C)[C@@H](C)C(=O)O[C@H]1CC(=O)N(C)c2cc(cc(OC)c2Cl)C/C(C)=C/C=C/[C@@H](OC)[C@@]2(O)C[C@H](OC(=O)N2)[C@@H](C)[C@H](C)[C@@]1(C)O. The summed E-state index contributed by atoms with van der Waals surface area (Å²) in [6.07, 6.45) is 0.525. The highest BCUT2D eigenvalue weighted by Crippen LogP contribution is 2.40. The molecule has 2 aromatic carbocycles. The number of nitrogens with zero attached hydrogens (tertiary/aromatic N) is 2. The van der Waals surface area contributed by atoms with Crippen LogP contribution in [0.2, 0.25) is 5.02 Å². The average Bonchev–Trinajstić information content (AvgIpc) is 3.16. The van der Waals surface area contributed by atoms with E-state index >= 15 is 0 Å². The molecule has 5 N–H and O–H groups in total. The van der Waals surface area contributed by atoms with Gasteiger partial charge in [0.1, 0.15) is 46.5 Å². The molecule has 2 heterocycles. The summed E-state index contributed by atoms with van der Waals surface area (Å²) in [5.41, 5.74) is 4.47. The monoisotopic (exact) mass is 814 g/mol. The van der Waals surface area contributed by atoms with Crippen molar-refractivity contribution in [2.45, 2.75) is 89.6 Å². The number of likely N-dealkylation sites (N-methyl/N-ethyl adjacent to an activating group) is 1. The molecule has 0 saturated carbocycles. The number of methoxy groups -OCH3 is 3. The number of ether oxygens (including phenoxy) is 5. The van der Waals surface area contributed by atoms with Gasteiger partial charge in [0.15, 0.2) is 5.72 Å². The minimum atomic E-state index is -1.97. The van der Waals surface area contributed by atoms with Crippen molar-refractivity contribution >= 4 is 46.9 Å². The number of rotatable bonds is 7. The molecule has 4 bridgehead atoms. The van der Waals surface area contributed by atoms with Crippen LogP contribution in [-0.2, 0) is 30.2 Å². The lowest BCUT2D eigenvalue weighted by Crippen LogP contribution is -2.64. The quantitative estimate of drug-likeness (QED) is 0.223. The van der Waals surface area contributed by atoms with Crippen molar-refractivity contribution in [2.24, 2.45) is 11.8 Å². The minimum absolute atomic E-state index is 0.138. The Labute approximate surface area is 338 Å². The number of halogens is 1. The third kappa shape index (κ3) is 9.83. The van der Waals surface area contributed by atoms with Crippen LogP contribution >= 0.6 is 11.6 Å². The van der Waals surface area contributed by atoms with Gasteiger partial charge in [-0.2, -0.15) is 0 Å². The molecule has 1 saturated heterocycles. The summed E-state index contributed by atoms with van der Waals surface area (Å²) in [6, 6.07) is 6.78. The molecule has 2 aromatic rings. The van der Waals surface area contributed by atoms with E-state index in [1.54, 1.807) is 38.1 Å². The van der Waals surface area contributed by atoms with Gasteiger partial charge in [0.2, 0.25) is 5.91 Å². The molecule has 15 nitrogen and oxygen atoms in total. The van der Waals surface area contributed by atoms with Crippen molar-refractivity contribution in [1.29, 1.82) is 0 Å². The molecule has 16 heteroatoms. The van der Waals surface area contributed by atoms with Crippen LogP contribution < -0.4 is 25.4 Å². The smallest absolute Gasteiger partial charge is 0.409 e. The summed E-state index contributed by atoms with van der Waals surface area (Å²) in [4.78, 5) is 57.2. The van der Waals surface area contributed by atoms with Crippen LogP contribution in [0.25, 0.3) is 0 Å². The van der Waals surface area contributed by atoms with E-state index in [0.717, 1.165) is 16.0 Å². The zero-order valence-electron chi connectivity index (χ0n) is 34.1. The van der Waals surface area contributed by atoms with Crippen LogP contribution in [0.3, 0.4) is 0 Å². The Morgan fingerprint density at radius 2 is 1.77 bits per heavy atom. The average molecular weight is 815 g/mol. The highest BCUT2D eigenvalue weighted by atomic mass is 35.5. The van der Waals surface area contributed by atoms with Crippen LogP contribution in [0.4, 0.5) is 16.2 Å². The summed E-state index contributed by atoms with van der Waals surface area (Å²) in [6.45, 7) is 8.14. The number of alkyl carbamates (subject to hydrolysis) is 1. The molecule has 2 aliphatic heterocycles. The number of allylic oxidation sites excluding steroid dienone is 3. The number of benzene rings is 2. The van der Waals surface area contributed by atoms with Crippen LogP contribution in [-0.4, -0.2) is 110 Å². The predicted octanol–water partition coefficient (Wildman–Crippen LogP) is 4.65. The fraction of sp³-hybridized carbons (Fsp3) is 0.512. The highest BCUT2D eigenvalue weighted by molar-refractivity contribution is 6.35. The van der Waals surface area contributed by atoms with Crippen molar-refractivity contribution in [3.63, 3.8) is 0 Å². The van der Waals surface area contributed by atoms with E-state index in [1.807, 2.05) is 13.0 Å². The van der Waals surface area contributed by atoms with Crippen LogP contribution in [0.1, 0.15) is 63.4 Å². The zero-order valence-corrected chi connectivity index (χ0v) is 34.9. The molecule has 57 heavy (non-hydrogen) atoms. The maximum atomic E-state index is 14.3. The van der Waals surface area contributed by atoms with E-state index < -0.39 is 77.8 Å². The maximum Gasteiger partial charge on any atom is 0.409 e. The van der Waals surface area contributed by atoms with Gasteiger partial charge < -0.3 is 49.4 Å². The molecule has 0 aromatic heterocycles. The summed E-state index contributed by atoms with van der Waals surface area (Å²) in [5, 5.41) is 26.9. The number of amides is 3. The van der Waals surface area contributed by atoms with Crippen molar-refractivity contribution in [1.82, 2.24) is 10.2 Å². The van der Waals surface area contributed by atoms with Crippen molar-refractivity contribution in [2.75, 3.05) is 46.1 Å². The van der Waals surface area contributed by atoms with Crippen LogP contribution in [0, 0.1) is 11.8 Å². The topological polar surface area (TPSA) is 199 Å². The summed E-state index contributed by atoms with van der Waals surface area (Å²) < 4.78 is 28.2. The van der Waals surface area contributed by atoms with E-state index in [4.69, 9.17) is 41.0 Å². The lowest BCUT2D eigenvalue weighted by atomic mass is 9.73. The van der Waals surface area contributed by atoms with E-state index in [-0.39, 0.29) is 22.8 Å². The number of nitrogens with one attached hydrogen (secondary N) is 1. The van der Waals surface area contributed by atoms with E-state index in [0.29, 0.717) is 23.5 Å². The summed E-state index contributed by atoms with van der Waals surface area (Å²) >= 11 is 6.76. The number of anilines is 2. The number of carbonyl (C=O) groups excluding carboxylic acids is 4. The Hall–Kier alpha value is -4.83. The van der Waals surface area contributed by atoms with Crippen LogP contribution in [0.5, 0.6) is 11.5 Å². The molecule has 4 rings (SSSR count). The highest BCUT2D eigenvalue weighted by Gasteiger charge is 2.51. The van der Waals surface area contributed by atoms with Gasteiger partial charge in [-0.25, -0.2) is 9.59 Å². The third-order valence-electron chi connectivity index (χ3n) is 11.3. The minimum Gasteiger partial charge on any atom is -0.496 e. The number of aliphatic hydroxyl groups is 2. The van der Waals surface area contributed by atoms with Gasteiger partial charge >= 0.3 is 12.1 Å². The van der Waals surface area contributed by atoms with E-state index in [9.17, 15) is 29.4 Å². The first kappa shape index (κ1) is 44.9. The standard InChI is InChI=1S/C41H55ClN4O11/c1-22-12-11-13-33(55-10)41(52)21-32(56-39(50)44-41)23(2)24(3)40(5,51)34(20-35(47)46(7)29-17-26(16-22)18-31(54-9)36(29)42)57-38(49)25(4)45(6)37(48)28-15-14-27(43)19-30(28)53-8/h11-15,17-19,23-25,32-34,51-52H,16,20-21,43H2,1-10H3,(H,44,50)/b13-11+,22-12+/t23-,24-,25-,32-,33+,34-,40+,41-/m0/s1. The van der Waals surface area contributed by atoms with Crippen molar-refractivity contribution in [3.8, 4) is 11.5 Å². The first-order chi connectivity index (χ1) is 26.7. The molecule has 312 valence electrons. The molecule has 0 spiro atoms. The Bertz CT molecular complexity index is 1900. The molecular formula is C41H55ClN4O11. The molecule has 8 atom stereocenters. The molecule has 3 amide bonds. The first-order valence-corrected chi connectivity index (χ1v) is 18.9. The number of esters is 1.